The van der Waals surface area contributed by atoms with Gasteiger partial charge in [-0.15, -0.1) is 0 Å². The number of aromatic nitrogens is 3. The van der Waals surface area contributed by atoms with E-state index in [1.807, 2.05) is 9.80 Å². The van der Waals surface area contributed by atoms with Gasteiger partial charge in [0.2, 0.25) is 0 Å². The van der Waals surface area contributed by atoms with Crippen LogP contribution in [0.5, 0.6) is 5.75 Å². The Morgan fingerprint density at radius 1 is 1.25 bits per heavy atom. The third kappa shape index (κ3) is 4.22. The van der Waals surface area contributed by atoms with Gasteiger partial charge in [-0.05, 0) is 43.4 Å². The zero-order valence-electron chi connectivity index (χ0n) is 15.5. The van der Waals surface area contributed by atoms with Crippen molar-refractivity contribution < 1.29 is 13.9 Å². The van der Waals surface area contributed by atoms with E-state index < -0.39 is 0 Å². The Kier molecular flexibility index (Phi) is 5.66. The molecule has 0 aliphatic carbocycles. The number of carbonyl (C=O) groups excluding carboxylic acids is 1. The number of amides is 2. The van der Waals surface area contributed by atoms with Crippen LogP contribution >= 0.6 is 11.6 Å². The standard InChI is InChI=1S/C19H23ClFN5O2/c20-16-9-15(21)1-2-18(16)28-12-13-3-6-25(7-4-13)19(27)26-8-5-14(11-26)17-10-22-24-23-17/h1-2,9-10,13-14H,3-8,11-12H2,(H,22,23,24). The molecule has 1 N–H and O–H groups in total. The largest absolute Gasteiger partial charge is 0.492 e. The Morgan fingerprint density at radius 2 is 2.04 bits per heavy atom. The molecule has 3 heterocycles. The monoisotopic (exact) mass is 407 g/mol. The van der Waals surface area contributed by atoms with Crippen molar-refractivity contribution in [3.63, 3.8) is 0 Å². The molecule has 2 fully saturated rings. The highest BCUT2D eigenvalue weighted by molar-refractivity contribution is 6.32. The molecule has 2 saturated heterocycles. The molecule has 9 heteroatoms. The normalized spacial score (nSPS) is 20.6. The molecule has 0 radical (unpaired) electrons. The van der Waals surface area contributed by atoms with Crippen molar-refractivity contribution in [2.45, 2.75) is 25.2 Å². The van der Waals surface area contributed by atoms with Gasteiger partial charge >= 0.3 is 6.03 Å². The van der Waals surface area contributed by atoms with Crippen molar-refractivity contribution in [1.29, 1.82) is 0 Å². The molecule has 2 amide bonds. The molecule has 2 aromatic rings. The first-order valence-electron chi connectivity index (χ1n) is 9.57. The van der Waals surface area contributed by atoms with E-state index in [1.54, 1.807) is 12.3 Å². The van der Waals surface area contributed by atoms with Gasteiger partial charge in [-0.2, -0.15) is 15.4 Å². The second kappa shape index (κ2) is 8.34. The summed E-state index contributed by atoms with van der Waals surface area (Å²) in [4.78, 5) is 16.6. The maximum atomic E-state index is 13.1. The zero-order chi connectivity index (χ0) is 19.5. The molecule has 0 saturated carbocycles. The second-order valence-corrected chi connectivity index (χ2v) is 7.83. The molecule has 150 valence electrons. The van der Waals surface area contributed by atoms with Crippen LogP contribution in [0.1, 0.15) is 30.9 Å². The summed E-state index contributed by atoms with van der Waals surface area (Å²) >= 11 is 6.00. The van der Waals surface area contributed by atoms with Crippen LogP contribution in [0.25, 0.3) is 0 Å². The molecule has 1 atom stereocenters. The lowest BCUT2D eigenvalue weighted by atomic mass is 9.98. The summed E-state index contributed by atoms with van der Waals surface area (Å²) in [6.45, 7) is 3.40. The fourth-order valence-electron chi connectivity index (χ4n) is 3.87. The van der Waals surface area contributed by atoms with Crippen LogP contribution < -0.4 is 4.74 Å². The minimum Gasteiger partial charge on any atom is -0.492 e. The van der Waals surface area contributed by atoms with Crippen LogP contribution in [0, 0.1) is 11.7 Å². The van der Waals surface area contributed by atoms with E-state index in [2.05, 4.69) is 15.4 Å². The summed E-state index contributed by atoms with van der Waals surface area (Å²) in [7, 11) is 0. The van der Waals surface area contributed by atoms with E-state index in [9.17, 15) is 9.18 Å². The molecule has 7 nitrogen and oxygen atoms in total. The number of benzene rings is 1. The molecule has 2 aliphatic heterocycles. The predicted molar refractivity (Wildman–Crippen MR) is 102 cm³/mol. The second-order valence-electron chi connectivity index (χ2n) is 7.43. The van der Waals surface area contributed by atoms with E-state index in [1.165, 1.54) is 12.1 Å². The number of aromatic amines is 1. The van der Waals surface area contributed by atoms with Crippen LogP contribution in [0.2, 0.25) is 5.02 Å². The van der Waals surface area contributed by atoms with Crippen LogP contribution in [0.3, 0.4) is 0 Å². The Balaban J connectivity index is 1.23. The number of carbonyl (C=O) groups is 1. The van der Waals surface area contributed by atoms with Gasteiger partial charge in [0.05, 0.1) is 23.5 Å². The SMILES string of the molecule is O=C(N1CCC(COc2ccc(F)cc2Cl)CC1)N1CCC(c2cn[nH]n2)C1. The molecule has 28 heavy (non-hydrogen) atoms. The summed E-state index contributed by atoms with van der Waals surface area (Å²) < 4.78 is 18.9. The summed E-state index contributed by atoms with van der Waals surface area (Å²) in [5, 5.41) is 10.9. The van der Waals surface area contributed by atoms with Gasteiger partial charge in [0, 0.05) is 32.1 Å². The third-order valence-electron chi connectivity index (χ3n) is 5.56. The van der Waals surface area contributed by atoms with Gasteiger partial charge in [0.25, 0.3) is 0 Å². The number of likely N-dealkylation sites (tertiary alicyclic amines) is 2. The highest BCUT2D eigenvalue weighted by Crippen LogP contribution is 2.29. The minimum atomic E-state index is -0.378. The van der Waals surface area contributed by atoms with Crippen molar-refractivity contribution in [3.05, 3.63) is 40.9 Å². The van der Waals surface area contributed by atoms with Gasteiger partial charge in [-0.3, -0.25) is 0 Å². The minimum absolute atomic E-state index is 0.104. The zero-order valence-corrected chi connectivity index (χ0v) is 16.2. The fraction of sp³-hybridized carbons (Fsp3) is 0.526. The number of urea groups is 1. The topological polar surface area (TPSA) is 74.3 Å². The molecular formula is C19H23ClFN5O2. The number of ether oxygens (including phenoxy) is 1. The first-order chi connectivity index (χ1) is 13.6. The van der Waals surface area contributed by atoms with Crippen LogP contribution in [0.15, 0.2) is 24.4 Å². The molecule has 1 unspecified atom stereocenters. The molecule has 0 spiro atoms. The summed E-state index contributed by atoms with van der Waals surface area (Å²) in [6.07, 6.45) is 4.41. The molecule has 2 aliphatic rings. The number of halogens is 2. The van der Waals surface area contributed by atoms with Crippen molar-refractivity contribution in [1.82, 2.24) is 25.2 Å². The lowest BCUT2D eigenvalue weighted by molar-refractivity contribution is 0.124. The lowest BCUT2D eigenvalue weighted by Gasteiger charge is -2.34. The Bertz CT molecular complexity index is 811. The van der Waals surface area contributed by atoms with Crippen molar-refractivity contribution in [3.8, 4) is 5.75 Å². The van der Waals surface area contributed by atoms with E-state index in [0.717, 1.165) is 44.6 Å². The number of hydrogen-bond donors (Lipinski definition) is 1. The third-order valence-corrected chi connectivity index (χ3v) is 5.86. The van der Waals surface area contributed by atoms with Gasteiger partial charge in [-0.25, -0.2) is 9.18 Å². The van der Waals surface area contributed by atoms with Crippen molar-refractivity contribution in [2.75, 3.05) is 32.8 Å². The first kappa shape index (κ1) is 19.0. The van der Waals surface area contributed by atoms with Crippen molar-refractivity contribution >= 4 is 17.6 Å². The quantitative estimate of drug-likeness (QED) is 0.843. The lowest BCUT2D eigenvalue weighted by Crippen LogP contribution is -2.46. The highest BCUT2D eigenvalue weighted by atomic mass is 35.5. The Hall–Kier alpha value is -2.35. The van der Waals surface area contributed by atoms with Crippen LogP contribution in [0.4, 0.5) is 9.18 Å². The maximum Gasteiger partial charge on any atom is 0.320 e. The van der Waals surface area contributed by atoms with Gasteiger partial charge in [-0.1, -0.05) is 11.6 Å². The Labute approximate surface area is 167 Å². The van der Waals surface area contributed by atoms with Crippen LogP contribution in [-0.4, -0.2) is 64.0 Å². The Morgan fingerprint density at radius 3 is 2.75 bits per heavy atom. The van der Waals surface area contributed by atoms with Crippen LogP contribution in [-0.2, 0) is 0 Å². The summed E-state index contributed by atoms with van der Waals surface area (Å²) in [5.41, 5.74) is 0.922. The maximum absolute atomic E-state index is 13.1. The average Bonchev–Trinajstić information content (AvgIpc) is 3.39. The number of H-pyrrole nitrogens is 1. The van der Waals surface area contributed by atoms with E-state index in [-0.39, 0.29) is 22.8 Å². The highest BCUT2D eigenvalue weighted by Gasteiger charge is 2.33. The summed E-state index contributed by atoms with van der Waals surface area (Å²) in [5.74, 6) is 0.732. The molecule has 1 aromatic carbocycles. The average molecular weight is 408 g/mol. The van der Waals surface area contributed by atoms with Gasteiger partial charge in [0.1, 0.15) is 11.6 Å². The smallest absolute Gasteiger partial charge is 0.320 e. The molecule has 0 bridgehead atoms. The number of nitrogens with one attached hydrogen (secondary N) is 1. The molecule has 1 aromatic heterocycles. The molecule has 4 rings (SSSR count). The van der Waals surface area contributed by atoms with Crippen molar-refractivity contribution in [2.24, 2.45) is 5.92 Å². The van der Waals surface area contributed by atoms with Gasteiger partial charge < -0.3 is 14.5 Å². The first-order valence-corrected chi connectivity index (χ1v) is 9.95. The van der Waals surface area contributed by atoms with E-state index in [0.29, 0.717) is 24.8 Å². The molecular weight excluding hydrogens is 385 g/mol. The number of nitrogens with zero attached hydrogens (tertiary/aromatic N) is 4. The predicted octanol–water partition coefficient (Wildman–Crippen LogP) is 3.30. The van der Waals surface area contributed by atoms with E-state index >= 15 is 0 Å². The fourth-order valence-corrected chi connectivity index (χ4v) is 4.10. The number of rotatable bonds is 4. The number of hydrogen-bond acceptors (Lipinski definition) is 4. The number of piperidine rings is 1. The van der Waals surface area contributed by atoms with Gasteiger partial charge in [0.15, 0.2) is 0 Å². The van der Waals surface area contributed by atoms with E-state index in [4.69, 9.17) is 16.3 Å². The summed E-state index contributed by atoms with van der Waals surface area (Å²) in [6, 6.07) is 4.24.